The predicted molar refractivity (Wildman–Crippen MR) is 83.0 cm³/mol. The third kappa shape index (κ3) is 3.61. The molecule has 0 saturated heterocycles. The molecule has 1 N–H and O–H groups in total. The highest BCUT2D eigenvalue weighted by molar-refractivity contribution is 9.10. The molecule has 0 fully saturated rings. The molecule has 0 heterocycles. The zero-order valence-corrected chi connectivity index (χ0v) is 12.9. The van der Waals surface area contributed by atoms with Crippen LogP contribution in [0.1, 0.15) is 22.0 Å². The zero-order valence-electron chi connectivity index (χ0n) is 11.3. The van der Waals surface area contributed by atoms with Gasteiger partial charge in [0, 0.05) is 4.47 Å². The molecule has 0 bridgehead atoms. The standard InChI is InChI=1S/C16H13BrN2O2/c1-21-12-7-8-14(17)13(9-12)16(20)19-15(10-18)11-5-3-2-4-6-11/h2-9,15H,1H3,(H,19,20). The molecule has 0 spiro atoms. The fraction of sp³-hybridized carbons (Fsp3) is 0.125. The minimum atomic E-state index is -0.697. The van der Waals surface area contributed by atoms with Gasteiger partial charge in [0.15, 0.2) is 0 Å². The normalized spacial score (nSPS) is 11.3. The lowest BCUT2D eigenvalue weighted by molar-refractivity contribution is 0.0944. The Kier molecular flexibility index (Phi) is 4.96. The van der Waals surface area contributed by atoms with Crippen molar-refractivity contribution in [1.29, 1.82) is 5.26 Å². The lowest BCUT2D eigenvalue weighted by Crippen LogP contribution is -2.27. The minimum Gasteiger partial charge on any atom is -0.497 e. The molecule has 0 aliphatic rings. The number of halogens is 1. The fourth-order valence-electron chi connectivity index (χ4n) is 1.85. The number of amides is 1. The van der Waals surface area contributed by atoms with E-state index in [0.717, 1.165) is 5.56 Å². The van der Waals surface area contributed by atoms with E-state index in [1.807, 2.05) is 18.2 Å². The maximum atomic E-state index is 12.3. The van der Waals surface area contributed by atoms with Crippen LogP contribution in [0, 0.1) is 11.3 Å². The molecular formula is C16H13BrN2O2. The number of hydrogen-bond acceptors (Lipinski definition) is 3. The van der Waals surface area contributed by atoms with Gasteiger partial charge >= 0.3 is 0 Å². The maximum absolute atomic E-state index is 12.3. The second-order valence-corrected chi connectivity index (χ2v) is 5.15. The zero-order chi connectivity index (χ0) is 15.2. The van der Waals surface area contributed by atoms with Gasteiger partial charge in [0.1, 0.15) is 11.8 Å². The Labute approximate surface area is 131 Å². The Balaban J connectivity index is 2.23. The molecule has 1 atom stereocenters. The van der Waals surface area contributed by atoms with Crippen LogP contribution in [0.3, 0.4) is 0 Å². The molecular weight excluding hydrogens is 332 g/mol. The van der Waals surface area contributed by atoms with Crippen LogP contribution in [0.4, 0.5) is 0 Å². The summed E-state index contributed by atoms with van der Waals surface area (Å²) in [5, 5.41) is 11.9. The molecule has 0 aliphatic carbocycles. The Bertz CT molecular complexity index is 680. The van der Waals surface area contributed by atoms with Crippen molar-refractivity contribution in [3.8, 4) is 11.8 Å². The molecule has 2 aromatic carbocycles. The monoisotopic (exact) mass is 344 g/mol. The van der Waals surface area contributed by atoms with Crippen LogP contribution in [-0.4, -0.2) is 13.0 Å². The highest BCUT2D eigenvalue weighted by atomic mass is 79.9. The van der Waals surface area contributed by atoms with Gasteiger partial charge in [-0.2, -0.15) is 5.26 Å². The SMILES string of the molecule is COc1ccc(Br)c(C(=O)NC(C#N)c2ccccc2)c1. The highest BCUT2D eigenvalue weighted by Crippen LogP contribution is 2.23. The summed E-state index contributed by atoms with van der Waals surface area (Å²) in [6.45, 7) is 0. The summed E-state index contributed by atoms with van der Waals surface area (Å²) in [6, 6.07) is 15.6. The highest BCUT2D eigenvalue weighted by Gasteiger charge is 2.17. The molecule has 1 unspecified atom stereocenters. The Morgan fingerprint density at radius 1 is 1.29 bits per heavy atom. The smallest absolute Gasteiger partial charge is 0.253 e. The van der Waals surface area contributed by atoms with Crippen LogP contribution in [0.15, 0.2) is 53.0 Å². The van der Waals surface area contributed by atoms with Gasteiger partial charge in [-0.25, -0.2) is 0 Å². The maximum Gasteiger partial charge on any atom is 0.253 e. The van der Waals surface area contributed by atoms with Gasteiger partial charge in [0.2, 0.25) is 0 Å². The first-order valence-electron chi connectivity index (χ1n) is 6.24. The van der Waals surface area contributed by atoms with Gasteiger partial charge < -0.3 is 10.1 Å². The van der Waals surface area contributed by atoms with Crippen molar-refractivity contribution >= 4 is 21.8 Å². The van der Waals surface area contributed by atoms with Gasteiger partial charge in [-0.15, -0.1) is 0 Å². The number of ether oxygens (including phenoxy) is 1. The summed E-state index contributed by atoms with van der Waals surface area (Å²) in [6.07, 6.45) is 0. The van der Waals surface area contributed by atoms with Crippen LogP contribution in [-0.2, 0) is 0 Å². The molecule has 1 amide bonds. The molecule has 2 rings (SSSR count). The molecule has 106 valence electrons. The van der Waals surface area contributed by atoms with Crippen molar-refractivity contribution in [2.75, 3.05) is 7.11 Å². The van der Waals surface area contributed by atoms with E-state index in [4.69, 9.17) is 4.74 Å². The van der Waals surface area contributed by atoms with Crippen molar-refractivity contribution in [3.63, 3.8) is 0 Å². The largest absolute Gasteiger partial charge is 0.497 e. The van der Waals surface area contributed by atoms with Crippen molar-refractivity contribution in [1.82, 2.24) is 5.32 Å². The molecule has 2 aromatic rings. The Morgan fingerprint density at radius 2 is 2.00 bits per heavy atom. The number of nitrogens with one attached hydrogen (secondary N) is 1. The van der Waals surface area contributed by atoms with Crippen LogP contribution >= 0.6 is 15.9 Å². The first-order valence-corrected chi connectivity index (χ1v) is 7.04. The minimum absolute atomic E-state index is 0.337. The summed E-state index contributed by atoms with van der Waals surface area (Å²) >= 11 is 3.33. The summed E-state index contributed by atoms with van der Waals surface area (Å²) in [7, 11) is 1.53. The van der Waals surface area contributed by atoms with Crippen LogP contribution in [0.25, 0.3) is 0 Å². The first-order chi connectivity index (χ1) is 10.2. The average Bonchev–Trinajstić information content (AvgIpc) is 2.53. The molecule has 0 aliphatic heterocycles. The summed E-state index contributed by atoms with van der Waals surface area (Å²) in [5.74, 6) is 0.243. The molecule has 0 saturated carbocycles. The van der Waals surface area contributed by atoms with Crippen LogP contribution in [0.5, 0.6) is 5.75 Å². The van der Waals surface area contributed by atoms with Crippen molar-refractivity contribution < 1.29 is 9.53 Å². The Hall–Kier alpha value is -2.32. The van der Waals surface area contributed by atoms with E-state index in [1.165, 1.54) is 7.11 Å². The van der Waals surface area contributed by atoms with Crippen LogP contribution in [0.2, 0.25) is 0 Å². The number of hydrogen-bond donors (Lipinski definition) is 1. The van der Waals surface area contributed by atoms with Gasteiger partial charge in [-0.1, -0.05) is 30.3 Å². The van der Waals surface area contributed by atoms with Crippen LogP contribution < -0.4 is 10.1 Å². The van der Waals surface area contributed by atoms with Crippen molar-refractivity contribution in [2.45, 2.75) is 6.04 Å². The first kappa shape index (κ1) is 15.1. The number of methoxy groups -OCH3 is 1. The predicted octanol–water partition coefficient (Wildman–Crippen LogP) is 3.45. The summed E-state index contributed by atoms with van der Waals surface area (Å²) in [4.78, 5) is 12.3. The number of benzene rings is 2. The van der Waals surface area contributed by atoms with E-state index in [9.17, 15) is 10.1 Å². The summed E-state index contributed by atoms with van der Waals surface area (Å²) < 4.78 is 5.75. The van der Waals surface area contributed by atoms with Gasteiger partial charge in [-0.3, -0.25) is 4.79 Å². The topological polar surface area (TPSA) is 62.1 Å². The number of carbonyl (C=O) groups excluding carboxylic acids is 1. The van der Waals surface area contributed by atoms with Gasteiger partial charge in [-0.05, 0) is 39.7 Å². The molecule has 4 nitrogen and oxygen atoms in total. The Morgan fingerprint density at radius 3 is 2.62 bits per heavy atom. The average molecular weight is 345 g/mol. The quantitative estimate of drug-likeness (QED) is 0.923. The van der Waals surface area contributed by atoms with Crippen molar-refractivity contribution in [3.05, 3.63) is 64.1 Å². The molecule has 5 heteroatoms. The third-order valence-corrected chi connectivity index (χ3v) is 3.65. The number of carbonyl (C=O) groups is 1. The molecule has 0 radical (unpaired) electrons. The third-order valence-electron chi connectivity index (χ3n) is 2.96. The van der Waals surface area contributed by atoms with E-state index >= 15 is 0 Å². The van der Waals surface area contributed by atoms with E-state index in [-0.39, 0.29) is 5.91 Å². The number of nitriles is 1. The van der Waals surface area contributed by atoms with E-state index in [0.29, 0.717) is 15.8 Å². The van der Waals surface area contributed by atoms with Crippen molar-refractivity contribution in [2.24, 2.45) is 0 Å². The number of rotatable bonds is 4. The van der Waals surface area contributed by atoms with Gasteiger partial charge in [0.25, 0.3) is 5.91 Å². The lowest BCUT2D eigenvalue weighted by Gasteiger charge is -2.13. The molecule has 21 heavy (non-hydrogen) atoms. The van der Waals surface area contributed by atoms with E-state index in [2.05, 4.69) is 27.3 Å². The van der Waals surface area contributed by atoms with Gasteiger partial charge in [0.05, 0.1) is 18.7 Å². The van der Waals surface area contributed by atoms with E-state index < -0.39 is 6.04 Å². The lowest BCUT2D eigenvalue weighted by atomic mass is 10.1. The fourth-order valence-corrected chi connectivity index (χ4v) is 2.28. The second-order valence-electron chi connectivity index (χ2n) is 4.29. The second kappa shape index (κ2) is 6.91. The number of nitrogens with zero attached hydrogens (tertiary/aromatic N) is 1. The summed E-state index contributed by atoms with van der Waals surface area (Å²) in [5.41, 5.74) is 1.16. The molecule has 0 aromatic heterocycles. The van der Waals surface area contributed by atoms with E-state index in [1.54, 1.807) is 30.3 Å².